The van der Waals surface area contributed by atoms with Gasteiger partial charge in [-0.2, -0.15) is 0 Å². The number of hydrogen-bond donors (Lipinski definition) is 0. The summed E-state index contributed by atoms with van der Waals surface area (Å²) < 4.78 is 5.92. The van der Waals surface area contributed by atoms with Crippen LogP contribution in [0.2, 0.25) is 0 Å². The van der Waals surface area contributed by atoms with E-state index in [0.29, 0.717) is 18.9 Å². The fourth-order valence-corrected chi connectivity index (χ4v) is 3.20. The molecule has 0 aliphatic heterocycles. The number of benzene rings is 1. The quantitative estimate of drug-likeness (QED) is 0.792. The molecule has 1 aliphatic carbocycles. The van der Waals surface area contributed by atoms with E-state index >= 15 is 0 Å². The first kappa shape index (κ1) is 15.1. The van der Waals surface area contributed by atoms with Crippen molar-refractivity contribution in [3.63, 3.8) is 0 Å². The minimum Gasteiger partial charge on any atom is -0.461 e. The van der Waals surface area contributed by atoms with Crippen LogP contribution in [0.25, 0.3) is 11.0 Å². The van der Waals surface area contributed by atoms with Gasteiger partial charge in [0, 0.05) is 37.4 Å². The minimum absolute atomic E-state index is 0.242. The number of fused-ring (bicyclic) bond motifs is 1. The predicted octanol–water partition coefficient (Wildman–Crippen LogP) is 4.39. The summed E-state index contributed by atoms with van der Waals surface area (Å²) in [5.74, 6) is 2.53. The average molecular weight is 299 g/mol. The molecule has 118 valence electrons. The number of amides is 1. The maximum atomic E-state index is 12.4. The number of carbonyl (C=O) groups excluding carboxylic acids is 1. The van der Waals surface area contributed by atoms with E-state index in [-0.39, 0.29) is 5.91 Å². The van der Waals surface area contributed by atoms with Crippen molar-refractivity contribution in [2.75, 3.05) is 7.05 Å². The summed E-state index contributed by atoms with van der Waals surface area (Å²) >= 11 is 0. The van der Waals surface area contributed by atoms with Gasteiger partial charge in [-0.1, -0.05) is 32.0 Å². The molecular weight excluding hydrogens is 274 g/mol. The third-order valence-electron chi connectivity index (χ3n) is 4.85. The molecular formula is C19H25NO2. The van der Waals surface area contributed by atoms with Gasteiger partial charge in [-0.05, 0) is 30.7 Å². The molecule has 0 bridgehead atoms. The Morgan fingerprint density at radius 2 is 2.09 bits per heavy atom. The second-order valence-electron chi connectivity index (χ2n) is 6.62. The molecule has 1 saturated carbocycles. The van der Waals surface area contributed by atoms with Gasteiger partial charge in [0.25, 0.3) is 0 Å². The lowest BCUT2D eigenvalue weighted by molar-refractivity contribution is -0.131. The fourth-order valence-electron chi connectivity index (χ4n) is 3.20. The highest BCUT2D eigenvalue weighted by atomic mass is 16.3. The molecule has 22 heavy (non-hydrogen) atoms. The minimum atomic E-state index is 0.242. The number of para-hydroxylation sites is 1. The third-order valence-corrected chi connectivity index (χ3v) is 4.85. The summed E-state index contributed by atoms with van der Waals surface area (Å²) in [6.45, 7) is 4.93. The van der Waals surface area contributed by atoms with Crippen LogP contribution >= 0.6 is 0 Å². The van der Waals surface area contributed by atoms with E-state index in [9.17, 15) is 4.79 Å². The number of rotatable bonds is 6. The number of hydrogen-bond acceptors (Lipinski definition) is 2. The van der Waals surface area contributed by atoms with Crippen molar-refractivity contribution in [2.45, 2.75) is 46.1 Å². The zero-order valence-electron chi connectivity index (χ0n) is 13.8. The lowest BCUT2D eigenvalue weighted by Crippen LogP contribution is -2.28. The van der Waals surface area contributed by atoms with Gasteiger partial charge >= 0.3 is 0 Å². The summed E-state index contributed by atoms with van der Waals surface area (Å²) in [6, 6.07) is 8.09. The Morgan fingerprint density at radius 1 is 1.36 bits per heavy atom. The topological polar surface area (TPSA) is 33.5 Å². The van der Waals surface area contributed by atoms with Crippen molar-refractivity contribution >= 4 is 16.9 Å². The molecule has 1 heterocycles. The van der Waals surface area contributed by atoms with E-state index in [1.54, 1.807) is 0 Å². The van der Waals surface area contributed by atoms with Crippen molar-refractivity contribution in [3.8, 4) is 0 Å². The first-order valence-electron chi connectivity index (χ1n) is 8.33. The molecule has 1 atom stereocenters. The number of furan rings is 1. The predicted molar refractivity (Wildman–Crippen MR) is 88.6 cm³/mol. The Labute approximate surface area is 132 Å². The van der Waals surface area contributed by atoms with Crippen molar-refractivity contribution < 1.29 is 9.21 Å². The van der Waals surface area contributed by atoms with Gasteiger partial charge in [0.15, 0.2) is 0 Å². The van der Waals surface area contributed by atoms with E-state index in [2.05, 4.69) is 19.9 Å². The van der Waals surface area contributed by atoms with Gasteiger partial charge in [-0.25, -0.2) is 0 Å². The molecule has 3 nitrogen and oxygen atoms in total. The van der Waals surface area contributed by atoms with Gasteiger partial charge < -0.3 is 9.32 Å². The van der Waals surface area contributed by atoms with Crippen LogP contribution in [-0.4, -0.2) is 17.9 Å². The highest BCUT2D eigenvalue weighted by Gasteiger charge is 2.30. The molecule has 0 N–H and O–H groups in total. The summed E-state index contributed by atoms with van der Waals surface area (Å²) in [5, 5.41) is 1.13. The summed E-state index contributed by atoms with van der Waals surface area (Å²) in [7, 11) is 1.91. The normalized spacial score (nSPS) is 16.0. The van der Waals surface area contributed by atoms with E-state index in [1.165, 1.54) is 12.8 Å². The van der Waals surface area contributed by atoms with E-state index in [4.69, 9.17) is 4.42 Å². The zero-order chi connectivity index (χ0) is 15.7. The number of nitrogens with zero attached hydrogens (tertiary/aromatic N) is 1. The molecule has 1 unspecified atom stereocenters. The number of carbonyl (C=O) groups is 1. The Morgan fingerprint density at radius 3 is 2.77 bits per heavy atom. The van der Waals surface area contributed by atoms with E-state index in [1.807, 2.05) is 30.1 Å². The summed E-state index contributed by atoms with van der Waals surface area (Å²) in [6.07, 6.45) is 4.11. The van der Waals surface area contributed by atoms with Crippen molar-refractivity contribution in [1.82, 2.24) is 4.90 Å². The smallest absolute Gasteiger partial charge is 0.222 e. The van der Waals surface area contributed by atoms with Gasteiger partial charge in [-0.15, -0.1) is 0 Å². The fraction of sp³-hybridized carbons (Fsp3) is 0.526. The van der Waals surface area contributed by atoms with Crippen LogP contribution in [-0.2, 0) is 17.8 Å². The number of aryl methyl sites for hydroxylation is 1. The van der Waals surface area contributed by atoms with Crippen LogP contribution in [0, 0.1) is 11.8 Å². The van der Waals surface area contributed by atoms with Crippen LogP contribution in [0.15, 0.2) is 28.7 Å². The second kappa shape index (κ2) is 6.15. The molecule has 0 spiro atoms. The monoisotopic (exact) mass is 299 g/mol. The van der Waals surface area contributed by atoms with Crippen molar-refractivity contribution in [1.29, 1.82) is 0 Å². The Balaban J connectivity index is 1.75. The maximum Gasteiger partial charge on any atom is 0.222 e. The second-order valence-corrected chi connectivity index (χ2v) is 6.62. The van der Waals surface area contributed by atoms with Crippen LogP contribution < -0.4 is 0 Å². The van der Waals surface area contributed by atoms with Crippen LogP contribution in [0.5, 0.6) is 0 Å². The Kier molecular flexibility index (Phi) is 4.23. The summed E-state index contributed by atoms with van der Waals surface area (Å²) in [4.78, 5) is 14.3. The lowest BCUT2D eigenvalue weighted by Gasteiger charge is -2.19. The summed E-state index contributed by atoms with van der Waals surface area (Å²) in [5.41, 5.74) is 2.08. The highest BCUT2D eigenvalue weighted by molar-refractivity contribution is 5.83. The molecule has 0 saturated heterocycles. The Hall–Kier alpha value is -1.77. The largest absolute Gasteiger partial charge is 0.461 e. The molecule has 3 rings (SSSR count). The van der Waals surface area contributed by atoms with Crippen LogP contribution in [0.1, 0.15) is 44.4 Å². The third kappa shape index (κ3) is 3.03. The standard InChI is InChI=1S/C19H25NO2/c1-4-17-16(15-7-5-6-8-18(15)22-17)12-20(3)19(21)11-13(2)14-9-10-14/h5-8,13-14H,4,9-12H2,1-3H3. The van der Waals surface area contributed by atoms with Crippen LogP contribution in [0.3, 0.4) is 0 Å². The average Bonchev–Trinajstić information content (AvgIpc) is 3.31. The van der Waals surface area contributed by atoms with E-state index in [0.717, 1.165) is 34.6 Å². The first-order valence-corrected chi connectivity index (χ1v) is 8.33. The van der Waals surface area contributed by atoms with Crippen molar-refractivity contribution in [3.05, 3.63) is 35.6 Å². The molecule has 0 radical (unpaired) electrons. The Bertz CT molecular complexity index is 669. The molecule has 1 fully saturated rings. The SMILES string of the molecule is CCc1oc2ccccc2c1CN(C)C(=O)CC(C)C1CC1. The van der Waals surface area contributed by atoms with Gasteiger partial charge in [0.2, 0.25) is 5.91 Å². The zero-order valence-corrected chi connectivity index (χ0v) is 13.8. The first-order chi connectivity index (χ1) is 10.6. The van der Waals surface area contributed by atoms with E-state index < -0.39 is 0 Å². The maximum absolute atomic E-state index is 12.4. The highest BCUT2D eigenvalue weighted by Crippen LogP contribution is 2.38. The van der Waals surface area contributed by atoms with Gasteiger partial charge in [0.05, 0.1) is 0 Å². The van der Waals surface area contributed by atoms with Gasteiger partial charge in [0.1, 0.15) is 11.3 Å². The molecule has 1 aliphatic rings. The molecule has 3 heteroatoms. The van der Waals surface area contributed by atoms with Gasteiger partial charge in [-0.3, -0.25) is 4.79 Å². The van der Waals surface area contributed by atoms with Crippen molar-refractivity contribution in [2.24, 2.45) is 11.8 Å². The molecule has 1 amide bonds. The molecule has 2 aromatic rings. The molecule has 1 aromatic carbocycles. The van der Waals surface area contributed by atoms with Crippen LogP contribution in [0.4, 0.5) is 0 Å². The lowest BCUT2D eigenvalue weighted by atomic mass is 10.0. The molecule has 1 aromatic heterocycles.